The van der Waals surface area contributed by atoms with Crippen LogP contribution in [0.1, 0.15) is 58.5 Å². The second kappa shape index (κ2) is 9.73. The van der Waals surface area contributed by atoms with Gasteiger partial charge < -0.3 is 19.1 Å². The van der Waals surface area contributed by atoms with E-state index in [1.807, 2.05) is 12.1 Å². The number of carbonyl (C=O) groups excluding carboxylic acids is 1. The third-order valence-corrected chi connectivity index (χ3v) is 7.48. The predicted octanol–water partition coefficient (Wildman–Crippen LogP) is 6.71. The van der Waals surface area contributed by atoms with Crippen LogP contribution >= 0.6 is 0 Å². The minimum atomic E-state index is -0.237. The van der Waals surface area contributed by atoms with E-state index in [0.29, 0.717) is 12.2 Å². The number of esters is 1. The standard InChI is InChI=1S/C31H35N3O2/c1-6-7-18-34-21(2)29(26-10-8-9-11-28(26)34)30(22-12-15-24(16-13-22)32(3)4)33(5)25-17-14-23-20-36-31(35)27(23)19-25/h8-17,19,30H,6-7,18,20H2,1-5H3. The topological polar surface area (TPSA) is 37.7 Å². The van der Waals surface area contributed by atoms with Gasteiger partial charge in [0.15, 0.2) is 0 Å². The van der Waals surface area contributed by atoms with Crippen molar-refractivity contribution in [1.29, 1.82) is 0 Å². The fraction of sp³-hybridized carbons (Fsp3) is 0.323. The lowest BCUT2D eigenvalue weighted by Gasteiger charge is -2.32. The van der Waals surface area contributed by atoms with Gasteiger partial charge >= 0.3 is 5.97 Å². The smallest absolute Gasteiger partial charge is 0.338 e. The van der Waals surface area contributed by atoms with Crippen LogP contribution < -0.4 is 9.80 Å². The molecule has 0 fully saturated rings. The molecule has 186 valence electrons. The van der Waals surface area contributed by atoms with Gasteiger partial charge in [-0.3, -0.25) is 0 Å². The summed E-state index contributed by atoms with van der Waals surface area (Å²) in [4.78, 5) is 16.8. The van der Waals surface area contributed by atoms with Gasteiger partial charge in [0.2, 0.25) is 0 Å². The lowest BCUT2D eigenvalue weighted by atomic mass is 9.93. The second-order valence-corrected chi connectivity index (χ2v) is 9.94. The van der Waals surface area contributed by atoms with E-state index in [9.17, 15) is 4.79 Å². The van der Waals surface area contributed by atoms with Gasteiger partial charge in [-0.05, 0) is 49.2 Å². The number of hydrogen-bond donors (Lipinski definition) is 0. The molecule has 0 amide bonds. The molecule has 5 nitrogen and oxygen atoms in total. The average Bonchev–Trinajstić information content (AvgIpc) is 3.40. The van der Waals surface area contributed by atoms with Crippen molar-refractivity contribution in [3.8, 4) is 0 Å². The van der Waals surface area contributed by atoms with Gasteiger partial charge in [-0.25, -0.2) is 4.79 Å². The summed E-state index contributed by atoms with van der Waals surface area (Å²) in [6.07, 6.45) is 2.30. The highest BCUT2D eigenvalue weighted by molar-refractivity contribution is 5.94. The molecule has 2 heterocycles. The van der Waals surface area contributed by atoms with Crippen molar-refractivity contribution in [2.45, 2.75) is 45.9 Å². The largest absolute Gasteiger partial charge is 0.457 e. The first-order valence-corrected chi connectivity index (χ1v) is 12.8. The maximum absolute atomic E-state index is 12.3. The number of ether oxygens (including phenoxy) is 1. The van der Waals surface area contributed by atoms with E-state index in [0.717, 1.165) is 30.6 Å². The van der Waals surface area contributed by atoms with Crippen LogP contribution in [0.15, 0.2) is 66.7 Å². The van der Waals surface area contributed by atoms with Crippen LogP contribution in [0.25, 0.3) is 10.9 Å². The van der Waals surface area contributed by atoms with Gasteiger partial charge in [0.1, 0.15) is 6.61 Å². The lowest BCUT2D eigenvalue weighted by molar-refractivity contribution is 0.0535. The number of rotatable bonds is 8. The normalized spacial score (nSPS) is 13.5. The molecule has 0 bridgehead atoms. The maximum atomic E-state index is 12.3. The van der Waals surface area contributed by atoms with Gasteiger partial charge in [-0.15, -0.1) is 0 Å². The molecule has 0 radical (unpaired) electrons. The van der Waals surface area contributed by atoms with Crippen LogP contribution in [0, 0.1) is 6.92 Å². The summed E-state index contributed by atoms with van der Waals surface area (Å²) in [6, 6.07) is 23.7. The molecule has 1 aliphatic rings. The first-order valence-electron chi connectivity index (χ1n) is 12.8. The Morgan fingerprint density at radius 3 is 2.42 bits per heavy atom. The molecule has 0 N–H and O–H groups in total. The van der Waals surface area contributed by atoms with Crippen molar-refractivity contribution in [1.82, 2.24) is 4.57 Å². The zero-order valence-electron chi connectivity index (χ0n) is 21.9. The highest BCUT2D eigenvalue weighted by Gasteiger charge is 2.29. The number of carbonyl (C=O) groups is 1. The number of hydrogen-bond acceptors (Lipinski definition) is 4. The van der Waals surface area contributed by atoms with E-state index in [4.69, 9.17) is 4.74 Å². The summed E-state index contributed by atoms with van der Waals surface area (Å²) in [7, 11) is 6.26. The molecule has 5 rings (SSSR count). The van der Waals surface area contributed by atoms with E-state index in [1.54, 1.807) is 0 Å². The molecule has 1 aromatic heterocycles. The Bertz CT molecular complexity index is 1400. The summed E-state index contributed by atoms with van der Waals surface area (Å²) in [5.41, 5.74) is 8.89. The first-order chi connectivity index (χ1) is 17.4. The minimum Gasteiger partial charge on any atom is -0.457 e. The molecule has 36 heavy (non-hydrogen) atoms. The zero-order chi connectivity index (χ0) is 25.4. The molecule has 0 spiro atoms. The van der Waals surface area contributed by atoms with Crippen LogP contribution in [-0.2, 0) is 17.9 Å². The highest BCUT2D eigenvalue weighted by Crippen LogP contribution is 2.40. The average molecular weight is 482 g/mol. The van der Waals surface area contributed by atoms with Gasteiger partial charge in [-0.2, -0.15) is 0 Å². The van der Waals surface area contributed by atoms with Crippen molar-refractivity contribution >= 4 is 28.2 Å². The second-order valence-electron chi connectivity index (χ2n) is 9.94. The molecule has 0 saturated carbocycles. The van der Waals surface area contributed by atoms with Crippen LogP contribution in [0.3, 0.4) is 0 Å². The Balaban J connectivity index is 1.70. The third-order valence-electron chi connectivity index (χ3n) is 7.48. The van der Waals surface area contributed by atoms with E-state index >= 15 is 0 Å². The van der Waals surface area contributed by atoms with Crippen LogP contribution in [0.2, 0.25) is 0 Å². The summed E-state index contributed by atoms with van der Waals surface area (Å²) in [5, 5.41) is 1.28. The van der Waals surface area contributed by atoms with Crippen molar-refractivity contribution in [2.75, 3.05) is 30.9 Å². The lowest BCUT2D eigenvalue weighted by Crippen LogP contribution is -2.26. The van der Waals surface area contributed by atoms with E-state index in [2.05, 4.69) is 104 Å². The molecular formula is C31H35N3O2. The molecule has 5 heteroatoms. The molecule has 1 aliphatic heterocycles. The van der Waals surface area contributed by atoms with Gasteiger partial charge in [-0.1, -0.05) is 49.7 Å². The predicted molar refractivity (Wildman–Crippen MR) is 148 cm³/mol. The molecule has 0 saturated heterocycles. The van der Waals surface area contributed by atoms with E-state index in [1.165, 1.54) is 33.4 Å². The number of aryl methyl sites for hydroxylation is 1. The zero-order valence-corrected chi connectivity index (χ0v) is 21.9. The number of aromatic nitrogens is 1. The maximum Gasteiger partial charge on any atom is 0.338 e. The van der Waals surface area contributed by atoms with Crippen molar-refractivity contribution in [3.63, 3.8) is 0 Å². The number of benzene rings is 3. The molecule has 0 aliphatic carbocycles. The summed E-state index contributed by atoms with van der Waals surface area (Å²) in [6.45, 7) is 5.85. The van der Waals surface area contributed by atoms with Gasteiger partial charge in [0.05, 0.1) is 11.6 Å². The summed E-state index contributed by atoms with van der Waals surface area (Å²) < 4.78 is 7.75. The van der Waals surface area contributed by atoms with Crippen LogP contribution in [0.4, 0.5) is 11.4 Å². The SMILES string of the molecule is CCCCn1c(C)c(C(c2ccc(N(C)C)cc2)N(C)c2ccc3c(c2)C(=O)OC3)c2ccccc21. The minimum absolute atomic E-state index is 0.0236. The Kier molecular flexibility index (Phi) is 6.48. The summed E-state index contributed by atoms with van der Waals surface area (Å²) >= 11 is 0. The number of unbranched alkanes of at least 4 members (excludes halogenated alkanes) is 1. The number of cyclic esters (lactones) is 1. The fourth-order valence-electron chi connectivity index (χ4n) is 5.42. The Labute approximate surface area is 213 Å². The monoisotopic (exact) mass is 481 g/mol. The Morgan fingerprint density at radius 2 is 1.69 bits per heavy atom. The molecule has 3 aromatic carbocycles. The fourth-order valence-corrected chi connectivity index (χ4v) is 5.42. The van der Waals surface area contributed by atoms with Crippen LogP contribution in [0.5, 0.6) is 0 Å². The Hall–Kier alpha value is -3.73. The number of anilines is 2. The van der Waals surface area contributed by atoms with E-state index in [-0.39, 0.29) is 12.0 Å². The van der Waals surface area contributed by atoms with Gasteiger partial charge in [0.25, 0.3) is 0 Å². The molecule has 1 atom stereocenters. The van der Waals surface area contributed by atoms with Gasteiger partial charge in [0, 0.05) is 66.8 Å². The molecule has 4 aromatic rings. The van der Waals surface area contributed by atoms with Crippen molar-refractivity contribution < 1.29 is 9.53 Å². The number of para-hydroxylation sites is 1. The number of nitrogens with zero attached hydrogens (tertiary/aromatic N) is 3. The van der Waals surface area contributed by atoms with Crippen LogP contribution in [-0.4, -0.2) is 31.7 Å². The van der Waals surface area contributed by atoms with Crippen molar-refractivity contribution in [2.24, 2.45) is 0 Å². The van der Waals surface area contributed by atoms with E-state index < -0.39 is 0 Å². The highest BCUT2D eigenvalue weighted by atomic mass is 16.5. The van der Waals surface area contributed by atoms with Crippen molar-refractivity contribution in [3.05, 3.63) is 94.7 Å². The summed E-state index contributed by atoms with van der Waals surface area (Å²) in [5.74, 6) is -0.237. The molecular weight excluding hydrogens is 446 g/mol. The Morgan fingerprint density at radius 1 is 0.972 bits per heavy atom. The number of fused-ring (bicyclic) bond motifs is 2. The third kappa shape index (κ3) is 4.13. The quantitative estimate of drug-likeness (QED) is 0.262. The first kappa shape index (κ1) is 24.0. The molecule has 1 unspecified atom stereocenters.